The Morgan fingerprint density at radius 2 is 2.00 bits per heavy atom. The zero-order valence-corrected chi connectivity index (χ0v) is 12.7. The van der Waals surface area contributed by atoms with Gasteiger partial charge in [0.2, 0.25) is 0 Å². The molecule has 0 unspecified atom stereocenters. The third kappa shape index (κ3) is 7.21. The fourth-order valence-electron chi connectivity index (χ4n) is 2.17. The zero-order valence-electron chi connectivity index (χ0n) is 12.7. The minimum atomic E-state index is -2.82. The molecule has 118 valence electrons. The Labute approximate surface area is 124 Å². The van der Waals surface area contributed by atoms with Crippen molar-refractivity contribution in [2.75, 3.05) is 0 Å². The summed E-state index contributed by atoms with van der Waals surface area (Å²) in [6, 6.07) is 5.39. The predicted molar refractivity (Wildman–Crippen MR) is 79.5 cm³/mol. The molecule has 1 rings (SSSR count). The van der Waals surface area contributed by atoms with Gasteiger partial charge in [-0.2, -0.15) is 8.78 Å². The molecule has 0 bridgehead atoms. The fourth-order valence-corrected chi connectivity index (χ4v) is 2.17. The molecule has 0 heterocycles. The van der Waals surface area contributed by atoms with Crippen LogP contribution in [-0.2, 0) is 12.8 Å². The molecule has 0 aromatic heterocycles. The fraction of sp³-hybridized carbons (Fsp3) is 0.529. The lowest BCUT2D eigenvalue weighted by Gasteiger charge is -2.12. The maximum Gasteiger partial charge on any atom is 0.387 e. The second-order valence-corrected chi connectivity index (χ2v) is 5.11. The Hall–Kier alpha value is -1.45. The molecule has 0 N–H and O–H groups in total. The van der Waals surface area contributed by atoms with Crippen molar-refractivity contribution >= 4 is 0 Å². The normalized spacial score (nSPS) is 12.0. The highest BCUT2D eigenvalue weighted by atomic mass is 19.3. The predicted octanol–water partition coefficient (Wildman–Crippen LogP) is 5.83. The number of benzene rings is 1. The molecule has 0 fully saturated rings. The summed E-state index contributed by atoms with van der Waals surface area (Å²) in [5.41, 5.74) is 1.69. The summed E-state index contributed by atoms with van der Waals surface area (Å²) in [6.07, 6.45) is 6.48. The van der Waals surface area contributed by atoms with Crippen molar-refractivity contribution in [3.8, 4) is 5.75 Å². The Morgan fingerprint density at radius 1 is 1.24 bits per heavy atom. The third-order valence-corrected chi connectivity index (χ3v) is 3.26. The molecule has 0 aliphatic carbocycles. The molecule has 1 aromatic carbocycles. The van der Waals surface area contributed by atoms with E-state index in [0.29, 0.717) is 12.8 Å². The van der Waals surface area contributed by atoms with Crippen LogP contribution in [0.2, 0.25) is 0 Å². The number of hydrogen-bond acceptors (Lipinski definition) is 1. The van der Waals surface area contributed by atoms with Gasteiger partial charge >= 0.3 is 6.61 Å². The van der Waals surface area contributed by atoms with Crippen LogP contribution in [0.3, 0.4) is 0 Å². The van der Waals surface area contributed by atoms with Gasteiger partial charge in [0.1, 0.15) is 5.75 Å². The summed E-state index contributed by atoms with van der Waals surface area (Å²) in [7, 11) is 0. The summed E-state index contributed by atoms with van der Waals surface area (Å²) in [5, 5.41) is 0. The summed E-state index contributed by atoms with van der Waals surface area (Å²) < 4.78 is 42.2. The maximum atomic E-state index is 12.6. The number of hydrogen-bond donors (Lipinski definition) is 0. The molecular formula is C17H23F3O. The maximum absolute atomic E-state index is 12.6. The first-order valence-electron chi connectivity index (χ1n) is 7.41. The van der Waals surface area contributed by atoms with Gasteiger partial charge in [0.15, 0.2) is 0 Å². The lowest BCUT2D eigenvalue weighted by atomic mass is 10.0. The van der Waals surface area contributed by atoms with Gasteiger partial charge in [-0.25, -0.2) is 4.39 Å². The van der Waals surface area contributed by atoms with Crippen molar-refractivity contribution in [1.29, 1.82) is 0 Å². The monoisotopic (exact) mass is 300 g/mol. The SMILES string of the molecule is CCCCCc1ccc(CC/C=C(/C)F)cc1OC(F)F. The van der Waals surface area contributed by atoms with Crippen molar-refractivity contribution in [2.24, 2.45) is 0 Å². The van der Waals surface area contributed by atoms with Crippen LogP contribution in [0, 0.1) is 0 Å². The molecule has 0 aliphatic heterocycles. The van der Waals surface area contributed by atoms with E-state index >= 15 is 0 Å². The number of rotatable bonds is 9. The number of aryl methyl sites for hydroxylation is 2. The highest BCUT2D eigenvalue weighted by Crippen LogP contribution is 2.25. The van der Waals surface area contributed by atoms with Crippen LogP contribution in [-0.4, -0.2) is 6.61 Å². The molecular weight excluding hydrogens is 277 g/mol. The van der Waals surface area contributed by atoms with Gasteiger partial charge in [-0.1, -0.05) is 38.0 Å². The van der Waals surface area contributed by atoms with Crippen LogP contribution < -0.4 is 4.74 Å². The summed E-state index contributed by atoms with van der Waals surface area (Å²) >= 11 is 0. The molecule has 0 amide bonds. The van der Waals surface area contributed by atoms with E-state index in [1.165, 1.54) is 13.0 Å². The van der Waals surface area contributed by atoms with E-state index in [4.69, 9.17) is 0 Å². The topological polar surface area (TPSA) is 9.23 Å². The van der Waals surface area contributed by atoms with Crippen molar-refractivity contribution in [3.63, 3.8) is 0 Å². The largest absolute Gasteiger partial charge is 0.435 e. The molecule has 21 heavy (non-hydrogen) atoms. The first kappa shape index (κ1) is 17.6. The second-order valence-electron chi connectivity index (χ2n) is 5.11. The lowest BCUT2D eigenvalue weighted by Crippen LogP contribution is -2.05. The Balaban J connectivity index is 2.77. The van der Waals surface area contributed by atoms with E-state index in [1.807, 2.05) is 12.1 Å². The van der Waals surface area contributed by atoms with Gasteiger partial charge in [-0.3, -0.25) is 0 Å². The van der Waals surface area contributed by atoms with Gasteiger partial charge in [-0.05, 0) is 49.8 Å². The van der Waals surface area contributed by atoms with Crippen LogP contribution in [0.25, 0.3) is 0 Å². The summed E-state index contributed by atoms with van der Waals surface area (Å²) in [6.45, 7) is 0.667. The highest BCUT2D eigenvalue weighted by Gasteiger charge is 2.10. The minimum absolute atomic E-state index is 0.227. The quantitative estimate of drug-likeness (QED) is 0.522. The van der Waals surface area contributed by atoms with E-state index in [-0.39, 0.29) is 11.6 Å². The number of alkyl halides is 2. The van der Waals surface area contributed by atoms with Crippen molar-refractivity contribution in [2.45, 2.75) is 59.0 Å². The van der Waals surface area contributed by atoms with Crippen LogP contribution in [0.5, 0.6) is 5.75 Å². The van der Waals surface area contributed by atoms with Crippen molar-refractivity contribution in [1.82, 2.24) is 0 Å². The van der Waals surface area contributed by atoms with E-state index < -0.39 is 6.61 Å². The Morgan fingerprint density at radius 3 is 2.62 bits per heavy atom. The van der Waals surface area contributed by atoms with Gasteiger partial charge in [-0.15, -0.1) is 0 Å². The third-order valence-electron chi connectivity index (χ3n) is 3.26. The Kier molecular flexibility index (Phi) is 7.95. The van der Waals surface area contributed by atoms with Crippen molar-refractivity contribution < 1.29 is 17.9 Å². The average Bonchev–Trinajstić information content (AvgIpc) is 2.40. The van der Waals surface area contributed by atoms with Crippen LogP contribution in [0.15, 0.2) is 30.1 Å². The average molecular weight is 300 g/mol. The molecule has 0 radical (unpaired) electrons. The minimum Gasteiger partial charge on any atom is -0.435 e. The van der Waals surface area contributed by atoms with Crippen LogP contribution in [0.4, 0.5) is 13.2 Å². The Bertz CT molecular complexity index is 451. The van der Waals surface area contributed by atoms with Gasteiger partial charge in [0, 0.05) is 0 Å². The number of allylic oxidation sites excluding steroid dienone is 2. The first-order valence-corrected chi connectivity index (χ1v) is 7.41. The van der Waals surface area contributed by atoms with E-state index in [0.717, 1.165) is 36.8 Å². The van der Waals surface area contributed by atoms with Gasteiger partial charge < -0.3 is 4.74 Å². The molecule has 1 nitrogen and oxygen atoms in total. The van der Waals surface area contributed by atoms with Gasteiger partial charge in [0.05, 0.1) is 5.83 Å². The smallest absolute Gasteiger partial charge is 0.387 e. The van der Waals surface area contributed by atoms with E-state index in [1.54, 1.807) is 6.07 Å². The first-order chi connectivity index (χ1) is 10.0. The zero-order chi connectivity index (χ0) is 15.7. The summed E-state index contributed by atoms with van der Waals surface area (Å²) in [4.78, 5) is 0. The van der Waals surface area contributed by atoms with E-state index in [9.17, 15) is 13.2 Å². The van der Waals surface area contributed by atoms with Crippen LogP contribution >= 0.6 is 0 Å². The second kappa shape index (κ2) is 9.48. The number of halogens is 3. The van der Waals surface area contributed by atoms with Gasteiger partial charge in [0.25, 0.3) is 0 Å². The molecule has 0 saturated heterocycles. The molecule has 0 atom stereocenters. The standard InChI is InChI=1S/C17H23F3O/c1-3-4-5-9-15-11-10-14(8-6-7-13(2)18)12-16(15)21-17(19)20/h7,10-12,17H,3-6,8-9H2,1-2H3/b13-7-. The number of unbranched alkanes of at least 4 members (excludes halogenated alkanes) is 2. The molecule has 0 saturated carbocycles. The van der Waals surface area contributed by atoms with Crippen molar-refractivity contribution in [3.05, 3.63) is 41.2 Å². The molecule has 1 aromatic rings. The molecule has 4 heteroatoms. The van der Waals surface area contributed by atoms with E-state index in [2.05, 4.69) is 11.7 Å². The molecule has 0 spiro atoms. The lowest BCUT2D eigenvalue weighted by molar-refractivity contribution is -0.0504. The summed E-state index contributed by atoms with van der Waals surface area (Å²) in [5.74, 6) is 0.0230. The van der Waals surface area contributed by atoms with Crippen LogP contribution in [0.1, 0.15) is 50.7 Å². The highest BCUT2D eigenvalue weighted by molar-refractivity contribution is 5.38. The molecule has 0 aliphatic rings. The number of ether oxygens (including phenoxy) is 1.